The first-order valence-corrected chi connectivity index (χ1v) is 8.53. The van der Waals surface area contributed by atoms with Crippen molar-refractivity contribution in [2.45, 2.75) is 6.18 Å². The van der Waals surface area contributed by atoms with Crippen LogP contribution in [0.15, 0.2) is 48.5 Å². The van der Waals surface area contributed by atoms with E-state index >= 15 is 0 Å². The van der Waals surface area contributed by atoms with Crippen molar-refractivity contribution in [3.8, 4) is 0 Å². The van der Waals surface area contributed by atoms with Gasteiger partial charge < -0.3 is 15.1 Å². The van der Waals surface area contributed by atoms with E-state index < -0.39 is 11.7 Å². The van der Waals surface area contributed by atoms with Gasteiger partial charge in [0.15, 0.2) is 0 Å². The van der Waals surface area contributed by atoms with E-state index in [4.69, 9.17) is 0 Å². The molecule has 8 heteroatoms. The number of hydrogen-bond acceptors (Lipinski definition) is 3. The average molecular weight is 381 g/mol. The lowest BCUT2D eigenvalue weighted by Crippen LogP contribution is -2.50. The van der Waals surface area contributed by atoms with Crippen LogP contribution in [0.2, 0.25) is 0 Å². The molecule has 0 unspecified atom stereocenters. The molecule has 4 nitrogen and oxygen atoms in total. The van der Waals surface area contributed by atoms with Gasteiger partial charge in [0.25, 0.3) is 0 Å². The van der Waals surface area contributed by atoms with Crippen LogP contribution < -0.4 is 10.2 Å². The van der Waals surface area contributed by atoms with Crippen molar-refractivity contribution in [3.05, 3.63) is 59.9 Å². The lowest BCUT2D eigenvalue weighted by atomic mass is 10.2. The third kappa shape index (κ3) is 4.69. The monoisotopic (exact) mass is 381 g/mol. The molecule has 27 heavy (non-hydrogen) atoms. The number of hydrogen-bond donors (Lipinski definition) is 1. The molecule has 1 N–H and O–H groups in total. The van der Waals surface area contributed by atoms with Crippen LogP contribution in [0.5, 0.6) is 0 Å². The number of alkyl halides is 3. The molecule has 1 saturated heterocycles. The number of para-hydroxylation sites is 1. The topological polar surface area (TPSA) is 35.6 Å². The molecule has 0 aromatic heterocycles. The molecule has 2 aromatic carbocycles. The van der Waals surface area contributed by atoms with Gasteiger partial charge in [-0.25, -0.2) is 4.39 Å². The summed E-state index contributed by atoms with van der Waals surface area (Å²) in [4.78, 5) is 15.9. The summed E-state index contributed by atoms with van der Waals surface area (Å²) in [7, 11) is 0. The van der Waals surface area contributed by atoms with E-state index in [1.807, 2.05) is 4.90 Å². The fourth-order valence-electron chi connectivity index (χ4n) is 2.97. The Morgan fingerprint density at radius 2 is 1.59 bits per heavy atom. The van der Waals surface area contributed by atoms with E-state index in [9.17, 15) is 22.4 Å². The van der Waals surface area contributed by atoms with Gasteiger partial charge in [-0.1, -0.05) is 12.1 Å². The SMILES string of the molecule is O=C(CNc1ccc(C(F)(F)F)cc1)N1CCN(c2ccccc2F)CC1. The molecule has 144 valence electrons. The second-order valence-electron chi connectivity index (χ2n) is 6.25. The number of piperazine rings is 1. The van der Waals surface area contributed by atoms with Crippen LogP contribution in [-0.4, -0.2) is 43.5 Å². The van der Waals surface area contributed by atoms with Gasteiger partial charge in [0, 0.05) is 31.9 Å². The maximum Gasteiger partial charge on any atom is 0.416 e. The van der Waals surface area contributed by atoms with Gasteiger partial charge in [-0.2, -0.15) is 13.2 Å². The number of anilines is 2. The van der Waals surface area contributed by atoms with Crippen LogP contribution >= 0.6 is 0 Å². The second-order valence-corrected chi connectivity index (χ2v) is 6.25. The van der Waals surface area contributed by atoms with Gasteiger partial charge in [-0.3, -0.25) is 4.79 Å². The van der Waals surface area contributed by atoms with Crippen LogP contribution in [0, 0.1) is 5.82 Å². The normalized spacial score (nSPS) is 15.0. The zero-order chi connectivity index (χ0) is 19.4. The van der Waals surface area contributed by atoms with Crippen molar-refractivity contribution < 1.29 is 22.4 Å². The predicted octanol–water partition coefficient (Wildman–Crippen LogP) is 3.61. The first-order valence-electron chi connectivity index (χ1n) is 8.53. The maximum absolute atomic E-state index is 13.8. The minimum absolute atomic E-state index is 0.00887. The highest BCUT2D eigenvalue weighted by molar-refractivity contribution is 5.81. The van der Waals surface area contributed by atoms with Crippen molar-refractivity contribution in [2.24, 2.45) is 0 Å². The van der Waals surface area contributed by atoms with E-state index in [0.717, 1.165) is 12.1 Å². The zero-order valence-electron chi connectivity index (χ0n) is 14.5. The lowest BCUT2D eigenvalue weighted by Gasteiger charge is -2.36. The molecule has 2 aromatic rings. The highest BCUT2D eigenvalue weighted by Gasteiger charge is 2.30. The molecular formula is C19H19F4N3O. The first-order chi connectivity index (χ1) is 12.8. The summed E-state index contributed by atoms with van der Waals surface area (Å²) in [6.07, 6.45) is -4.38. The Morgan fingerprint density at radius 1 is 0.963 bits per heavy atom. The van der Waals surface area contributed by atoms with E-state index in [1.54, 1.807) is 23.1 Å². The molecule has 0 aliphatic carbocycles. The Hall–Kier alpha value is -2.77. The van der Waals surface area contributed by atoms with Gasteiger partial charge in [0.1, 0.15) is 5.82 Å². The van der Waals surface area contributed by atoms with Gasteiger partial charge in [0.05, 0.1) is 17.8 Å². The first kappa shape index (κ1) is 19.0. The van der Waals surface area contributed by atoms with E-state index in [2.05, 4.69) is 5.32 Å². The van der Waals surface area contributed by atoms with Crippen molar-refractivity contribution in [3.63, 3.8) is 0 Å². The van der Waals surface area contributed by atoms with E-state index in [0.29, 0.717) is 37.6 Å². The summed E-state index contributed by atoms with van der Waals surface area (Å²) in [5.74, 6) is -0.440. The fraction of sp³-hybridized carbons (Fsp3) is 0.316. The van der Waals surface area contributed by atoms with Crippen LogP contribution in [0.1, 0.15) is 5.56 Å². The van der Waals surface area contributed by atoms with Gasteiger partial charge in [0.2, 0.25) is 5.91 Å². The van der Waals surface area contributed by atoms with Crippen LogP contribution in [0.3, 0.4) is 0 Å². The molecule has 3 rings (SSSR count). The molecule has 0 bridgehead atoms. The third-order valence-corrected chi connectivity index (χ3v) is 4.48. The quantitative estimate of drug-likeness (QED) is 0.822. The van der Waals surface area contributed by atoms with E-state index in [-0.39, 0.29) is 18.3 Å². The lowest BCUT2D eigenvalue weighted by molar-refractivity contribution is -0.137. The number of amides is 1. The zero-order valence-corrected chi connectivity index (χ0v) is 14.5. The van der Waals surface area contributed by atoms with Crippen LogP contribution in [0.25, 0.3) is 0 Å². The Labute approximate surface area is 154 Å². The van der Waals surface area contributed by atoms with Crippen LogP contribution in [0.4, 0.5) is 28.9 Å². The summed E-state index contributed by atoms with van der Waals surface area (Å²) >= 11 is 0. The summed E-state index contributed by atoms with van der Waals surface area (Å²) in [6, 6.07) is 11.0. The smallest absolute Gasteiger partial charge is 0.376 e. The molecule has 1 amide bonds. The summed E-state index contributed by atoms with van der Waals surface area (Å²) in [5.41, 5.74) is 0.234. The molecule has 1 aliphatic heterocycles. The molecule has 1 heterocycles. The second kappa shape index (κ2) is 7.85. The molecule has 1 fully saturated rings. The van der Waals surface area contributed by atoms with Gasteiger partial charge in [-0.15, -0.1) is 0 Å². The van der Waals surface area contributed by atoms with Crippen LogP contribution in [-0.2, 0) is 11.0 Å². The number of rotatable bonds is 4. The summed E-state index contributed by atoms with van der Waals surface area (Å²) < 4.78 is 51.5. The van der Waals surface area contributed by atoms with Crippen molar-refractivity contribution in [2.75, 3.05) is 42.9 Å². The Morgan fingerprint density at radius 3 is 2.19 bits per heavy atom. The van der Waals surface area contributed by atoms with Gasteiger partial charge >= 0.3 is 6.18 Å². The summed E-state index contributed by atoms with van der Waals surface area (Å²) in [6.45, 7) is 1.95. The Kier molecular flexibility index (Phi) is 5.53. The standard InChI is InChI=1S/C19H19F4N3O/c20-16-3-1-2-4-17(16)25-9-11-26(12-10-25)18(27)13-24-15-7-5-14(6-8-15)19(21,22)23/h1-8,24H,9-13H2. The number of halogens is 4. The highest BCUT2D eigenvalue weighted by atomic mass is 19.4. The third-order valence-electron chi connectivity index (χ3n) is 4.48. The molecule has 0 spiro atoms. The largest absolute Gasteiger partial charge is 0.416 e. The minimum Gasteiger partial charge on any atom is -0.376 e. The average Bonchev–Trinajstić information content (AvgIpc) is 2.66. The van der Waals surface area contributed by atoms with E-state index in [1.165, 1.54) is 18.2 Å². The number of carbonyl (C=O) groups excluding carboxylic acids is 1. The molecular weight excluding hydrogens is 362 g/mol. The Balaban J connectivity index is 1.49. The number of carbonyl (C=O) groups is 1. The van der Waals surface area contributed by atoms with Crippen molar-refractivity contribution in [1.82, 2.24) is 4.90 Å². The highest BCUT2D eigenvalue weighted by Crippen LogP contribution is 2.29. The Bertz CT molecular complexity index is 784. The van der Waals surface area contributed by atoms with Crippen molar-refractivity contribution in [1.29, 1.82) is 0 Å². The van der Waals surface area contributed by atoms with Gasteiger partial charge in [-0.05, 0) is 36.4 Å². The molecule has 0 saturated carbocycles. The summed E-state index contributed by atoms with van der Waals surface area (Å²) in [5, 5.41) is 2.84. The molecule has 1 aliphatic rings. The number of nitrogens with one attached hydrogen (secondary N) is 1. The van der Waals surface area contributed by atoms with Crippen molar-refractivity contribution >= 4 is 17.3 Å². The number of benzene rings is 2. The molecule has 0 atom stereocenters. The molecule has 0 radical (unpaired) electrons. The minimum atomic E-state index is -4.38. The fourth-order valence-corrected chi connectivity index (χ4v) is 2.97. The predicted molar refractivity (Wildman–Crippen MR) is 95.1 cm³/mol. The maximum atomic E-state index is 13.8. The number of nitrogens with zero attached hydrogens (tertiary/aromatic N) is 2.